The van der Waals surface area contributed by atoms with Gasteiger partial charge < -0.3 is 0 Å². The summed E-state index contributed by atoms with van der Waals surface area (Å²) in [7, 11) is 0. The maximum atomic E-state index is 11.7. The van der Waals surface area contributed by atoms with Crippen molar-refractivity contribution in [3.05, 3.63) is 46.7 Å². The Morgan fingerprint density at radius 3 is 2.71 bits per heavy atom. The molecule has 2 rings (SSSR count). The Morgan fingerprint density at radius 2 is 2.14 bits per heavy atom. The summed E-state index contributed by atoms with van der Waals surface area (Å²) in [5.74, 6) is -0.119. The minimum atomic E-state index is -0.119. The monoisotopic (exact) mass is 204 g/mol. The maximum Gasteiger partial charge on any atom is 0.230 e. The highest BCUT2D eigenvalue weighted by molar-refractivity contribution is 7.03. The summed E-state index contributed by atoms with van der Waals surface area (Å²) in [5, 5.41) is 1.78. The van der Waals surface area contributed by atoms with Gasteiger partial charge in [0, 0.05) is 11.6 Å². The molecular formula is C10H8N2OS. The second-order valence-electron chi connectivity index (χ2n) is 2.93. The van der Waals surface area contributed by atoms with E-state index in [4.69, 9.17) is 0 Å². The number of carbonyl (C=O) groups excluding carboxylic acids is 1. The lowest BCUT2D eigenvalue weighted by Gasteiger charge is -1.96. The predicted octanol–water partition coefficient (Wildman–Crippen LogP) is 2.08. The van der Waals surface area contributed by atoms with Crippen LogP contribution in [0.2, 0.25) is 0 Å². The van der Waals surface area contributed by atoms with Gasteiger partial charge in [-0.2, -0.15) is 4.37 Å². The van der Waals surface area contributed by atoms with Crippen molar-refractivity contribution in [2.24, 2.45) is 0 Å². The molecule has 0 atom stereocenters. The molecule has 0 N–H and O–H groups in total. The standard InChI is InChI=1S/C10H8N2OS/c1-7-2-3-8(11-6-7)10(13)9-4-5-14-12-9/h2-6H,1H3. The molecule has 4 heteroatoms. The zero-order valence-electron chi connectivity index (χ0n) is 7.60. The summed E-state index contributed by atoms with van der Waals surface area (Å²) in [4.78, 5) is 15.7. The van der Waals surface area contributed by atoms with Gasteiger partial charge in [0.25, 0.3) is 0 Å². The van der Waals surface area contributed by atoms with E-state index in [2.05, 4.69) is 9.36 Å². The van der Waals surface area contributed by atoms with Gasteiger partial charge in [-0.05, 0) is 36.2 Å². The third-order valence-electron chi connectivity index (χ3n) is 1.81. The Bertz CT molecular complexity index is 434. The van der Waals surface area contributed by atoms with E-state index in [1.165, 1.54) is 11.5 Å². The van der Waals surface area contributed by atoms with Crippen molar-refractivity contribution in [3.63, 3.8) is 0 Å². The van der Waals surface area contributed by atoms with Crippen LogP contribution in [0.4, 0.5) is 0 Å². The first kappa shape index (κ1) is 9.02. The summed E-state index contributed by atoms with van der Waals surface area (Å²) in [6, 6.07) is 5.29. The molecule has 0 aliphatic rings. The highest BCUT2D eigenvalue weighted by Gasteiger charge is 2.11. The number of ketones is 1. The van der Waals surface area contributed by atoms with Gasteiger partial charge in [-0.25, -0.2) is 0 Å². The molecule has 0 spiro atoms. The fourth-order valence-corrected chi connectivity index (χ4v) is 1.57. The number of aromatic nitrogens is 2. The van der Waals surface area contributed by atoms with Crippen LogP contribution in [0.25, 0.3) is 0 Å². The van der Waals surface area contributed by atoms with Gasteiger partial charge >= 0.3 is 0 Å². The van der Waals surface area contributed by atoms with Crippen LogP contribution in [-0.2, 0) is 0 Å². The normalized spacial score (nSPS) is 10.1. The van der Waals surface area contributed by atoms with Crippen LogP contribution < -0.4 is 0 Å². The lowest BCUT2D eigenvalue weighted by atomic mass is 10.2. The molecule has 0 saturated heterocycles. The Balaban J connectivity index is 2.33. The Morgan fingerprint density at radius 1 is 1.29 bits per heavy atom. The van der Waals surface area contributed by atoms with E-state index in [9.17, 15) is 4.79 Å². The van der Waals surface area contributed by atoms with Crippen LogP contribution >= 0.6 is 11.5 Å². The average molecular weight is 204 g/mol. The summed E-state index contributed by atoms with van der Waals surface area (Å²) in [6.45, 7) is 1.93. The minimum Gasteiger partial charge on any atom is -0.285 e. The molecule has 0 aliphatic heterocycles. The highest BCUT2D eigenvalue weighted by Crippen LogP contribution is 2.07. The van der Waals surface area contributed by atoms with Crippen molar-refractivity contribution in [1.29, 1.82) is 0 Å². The second kappa shape index (κ2) is 3.67. The van der Waals surface area contributed by atoms with E-state index in [-0.39, 0.29) is 5.78 Å². The number of carbonyl (C=O) groups is 1. The van der Waals surface area contributed by atoms with Gasteiger partial charge in [0.2, 0.25) is 5.78 Å². The summed E-state index contributed by atoms with van der Waals surface area (Å²) in [5.41, 5.74) is 1.95. The lowest BCUT2D eigenvalue weighted by molar-refractivity contribution is 0.103. The Labute approximate surface area is 85.6 Å². The molecule has 0 bridgehead atoms. The Kier molecular flexibility index (Phi) is 2.37. The molecule has 70 valence electrons. The Hall–Kier alpha value is -1.55. The highest BCUT2D eigenvalue weighted by atomic mass is 32.1. The van der Waals surface area contributed by atoms with Gasteiger partial charge in [-0.3, -0.25) is 9.78 Å². The summed E-state index contributed by atoms with van der Waals surface area (Å²) in [6.07, 6.45) is 1.68. The summed E-state index contributed by atoms with van der Waals surface area (Å²) >= 11 is 1.27. The van der Waals surface area contributed by atoms with Crippen molar-refractivity contribution >= 4 is 17.3 Å². The lowest BCUT2D eigenvalue weighted by Crippen LogP contribution is -2.03. The zero-order chi connectivity index (χ0) is 9.97. The van der Waals surface area contributed by atoms with Crippen LogP contribution in [0.15, 0.2) is 29.8 Å². The van der Waals surface area contributed by atoms with Gasteiger partial charge in [0.15, 0.2) is 0 Å². The molecule has 3 nitrogen and oxygen atoms in total. The smallest absolute Gasteiger partial charge is 0.230 e. The number of pyridine rings is 1. The number of nitrogens with zero attached hydrogens (tertiary/aromatic N) is 2. The quantitative estimate of drug-likeness (QED) is 0.703. The average Bonchev–Trinajstić information content (AvgIpc) is 2.71. The predicted molar refractivity (Wildman–Crippen MR) is 54.5 cm³/mol. The molecule has 2 aromatic heterocycles. The van der Waals surface area contributed by atoms with E-state index in [0.717, 1.165) is 5.56 Å². The third kappa shape index (κ3) is 1.70. The largest absolute Gasteiger partial charge is 0.285 e. The van der Waals surface area contributed by atoms with Crippen molar-refractivity contribution in [3.8, 4) is 0 Å². The van der Waals surface area contributed by atoms with Crippen LogP contribution in [0.1, 0.15) is 21.7 Å². The molecule has 0 aliphatic carbocycles. The van der Waals surface area contributed by atoms with Crippen molar-refractivity contribution in [2.45, 2.75) is 6.92 Å². The zero-order valence-corrected chi connectivity index (χ0v) is 8.41. The topological polar surface area (TPSA) is 42.9 Å². The fourth-order valence-electron chi connectivity index (χ4n) is 1.06. The first-order valence-corrected chi connectivity index (χ1v) is 4.99. The molecule has 2 heterocycles. The molecule has 0 radical (unpaired) electrons. The van der Waals surface area contributed by atoms with E-state index >= 15 is 0 Å². The van der Waals surface area contributed by atoms with Gasteiger partial charge in [-0.1, -0.05) is 6.07 Å². The minimum absolute atomic E-state index is 0.119. The third-order valence-corrected chi connectivity index (χ3v) is 2.37. The van der Waals surface area contributed by atoms with E-state index in [0.29, 0.717) is 11.4 Å². The van der Waals surface area contributed by atoms with E-state index in [1.807, 2.05) is 13.0 Å². The first-order chi connectivity index (χ1) is 6.77. The number of rotatable bonds is 2. The molecule has 14 heavy (non-hydrogen) atoms. The second-order valence-corrected chi connectivity index (χ2v) is 3.60. The van der Waals surface area contributed by atoms with Crippen LogP contribution in [0, 0.1) is 6.92 Å². The van der Waals surface area contributed by atoms with E-state index in [1.54, 1.807) is 23.7 Å². The molecule has 0 aromatic carbocycles. The molecular weight excluding hydrogens is 196 g/mol. The van der Waals surface area contributed by atoms with Crippen molar-refractivity contribution in [2.75, 3.05) is 0 Å². The molecule has 0 amide bonds. The first-order valence-electron chi connectivity index (χ1n) is 4.15. The maximum absolute atomic E-state index is 11.7. The fraction of sp³-hybridized carbons (Fsp3) is 0.100. The number of hydrogen-bond donors (Lipinski definition) is 0. The number of hydrogen-bond acceptors (Lipinski definition) is 4. The molecule has 0 unspecified atom stereocenters. The van der Waals surface area contributed by atoms with Gasteiger partial charge in [0.05, 0.1) is 0 Å². The van der Waals surface area contributed by atoms with Gasteiger partial charge in [0.1, 0.15) is 11.4 Å². The van der Waals surface area contributed by atoms with E-state index < -0.39 is 0 Å². The molecule has 0 saturated carbocycles. The SMILES string of the molecule is Cc1ccc(C(=O)c2ccsn2)nc1. The molecule has 0 fully saturated rings. The van der Waals surface area contributed by atoms with Crippen molar-refractivity contribution < 1.29 is 4.79 Å². The summed E-state index contributed by atoms with van der Waals surface area (Å²) < 4.78 is 3.97. The van der Waals surface area contributed by atoms with Crippen LogP contribution in [0.3, 0.4) is 0 Å². The van der Waals surface area contributed by atoms with Crippen LogP contribution in [-0.4, -0.2) is 15.1 Å². The number of aryl methyl sites for hydroxylation is 1. The van der Waals surface area contributed by atoms with Crippen LogP contribution in [0.5, 0.6) is 0 Å². The van der Waals surface area contributed by atoms with Gasteiger partial charge in [-0.15, -0.1) is 0 Å². The molecule has 2 aromatic rings. The van der Waals surface area contributed by atoms with Crippen molar-refractivity contribution in [1.82, 2.24) is 9.36 Å².